The Hall–Kier alpha value is -2.55. The molecule has 34 heavy (non-hydrogen) atoms. The molecule has 4 rings (SSSR count). The van der Waals surface area contributed by atoms with Crippen molar-refractivity contribution >= 4 is 29.3 Å². The fourth-order valence-corrected chi connectivity index (χ4v) is 4.90. The van der Waals surface area contributed by atoms with Crippen LogP contribution in [0.4, 0.5) is 10.5 Å². The van der Waals surface area contributed by atoms with Gasteiger partial charge >= 0.3 is 6.09 Å². The third-order valence-electron chi connectivity index (χ3n) is 6.49. The number of amides is 2. The molecular weight excluding hydrogens is 460 g/mol. The van der Waals surface area contributed by atoms with Gasteiger partial charge in [-0.15, -0.1) is 0 Å². The average Bonchev–Trinajstić information content (AvgIpc) is 3.51. The molecule has 2 N–H and O–H groups in total. The van der Waals surface area contributed by atoms with Gasteiger partial charge in [0.1, 0.15) is 22.6 Å². The van der Waals surface area contributed by atoms with Crippen LogP contribution in [0.3, 0.4) is 0 Å². The highest BCUT2D eigenvalue weighted by Gasteiger charge is 2.45. The van der Waals surface area contributed by atoms with E-state index >= 15 is 0 Å². The van der Waals surface area contributed by atoms with Crippen molar-refractivity contribution in [3.05, 3.63) is 46.5 Å². The molecule has 2 amide bonds. The molecule has 3 heterocycles. The second-order valence-electron chi connectivity index (χ2n) is 9.28. The summed E-state index contributed by atoms with van der Waals surface area (Å²) in [4.78, 5) is 26.5. The van der Waals surface area contributed by atoms with Gasteiger partial charge in [0.05, 0.1) is 25.0 Å². The Kier molecular flexibility index (Phi) is 7.21. The molecule has 4 atom stereocenters. The maximum atomic E-state index is 12.9. The van der Waals surface area contributed by atoms with E-state index in [9.17, 15) is 14.7 Å². The van der Waals surface area contributed by atoms with Gasteiger partial charge in [0, 0.05) is 32.7 Å². The number of aliphatic hydroxyl groups is 1. The SMILES string of the molecule is COc1cc2cc(c1Cl)N(C)C(=O)CCC1OC1CC1C[C@](O)(C/C=C/C=C(\C)C2)NC(=O)O1. The fraction of sp³-hybridized carbons (Fsp3) is 0.520. The molecule has 0 radical (unpaired) electrons. The molecule has 0 saturated carbocycles. The van der Waals surface area contributed by atoms with E-state index in [0.717, 1.165) is 11.1 Å². The number of benzene rings is 1. The number of halogens is 1. The number of ether oxygens (including phenoxy) is 3. The lowest BCUT2D eigenvalue weighted by Gasteiger charge is -2.36. The van der Waals surface area contributed by atoms with Crippen molar-refractivity contribution in [3.8, 4) is 5.75 Å². The first-order valence-electron chi connectivity index (χ1n) is 11.5. The molecule has 1 aromatic carbocycles. The fourth-order valence-electron chi connectivity index (χ4n) is 4.58. The van der Waals surface area contributed by atoms with E-state index in [2.05, 4.69) is 5.32 Å². The Morgan fingerprint density at radius 2 is 2.09 bits per heavy atom. The molecule has 0 aliphatic carbocycles. The van der Waals surface area contributed by atoms with Crippen molar-refractivity contribution < 1.29 is 28.9 Å². The minimum absolute atomic E-state index is 0.0777. The van der Waals surface area contributed by atoms with Crippen LogP contribution in [0.15, 0.2) is 35.9 Å². The number of carbonyl (C=O) groups excluding carboxylic acids is 2. The van der Waals surface area contributed by atoms with Crippen LogP contribution in [-0.2, 0) is 20.7 Å². The predicted molar refractivity (Wildman–Crippen MR) is 128 cm³/mol. The molecule has 1 aromatic rings. The topological polar surface area (TPSA) is 101 Å². The summed E-state index contributed by atoms with van der Waals surface area (Å²) in [6.07, 6.45) is 6.86. The summed E-state index contributed by atoms with van der Waals surface area (Å²) >= 11 is 6.54. The zero-order valence-corrected chi connectivity index (χ0v) is 20.4. The maximum Gasteiger partial charge on any atom is 0.409 e. The van der Waals surface area contributed by atoms with E-state index in [1.54, 1.807) is 19.1 Å². The summed E-state index contributed by atoms with van der Waals surface area (Å²) in [6, 6.07) is 3.78. The second kappa shape index (κ2) is 9.98. The molecular formula is C25H31ClN2O6. The lowest BCUT2D eigenvalue weighted by molar-refractivity contribution is -0.118. The molecule has 0 aromatic heterocycles. The summed E-state index contributed by atoms with van der Waals surface area (Å²) in [6.45, 7) is 2.00. The molecule has 184 valence electrons. The lowest BCUT2D eigenvalue weighted by atomic mass is 9.96. The van der Waals surface area contributed by atoms with Gasteiger partial charge in [0.2, 0.25) is 5.91 Å². The Bertz CT molecular complexity index is 1020. The third kappa shape index (κ3) is 5.74. The molecule has 9 heteroatoms. The minimum atomic E-state index is -1.37. The lowest BCUT2D eigenvalue weighted by Crippen LogP contribution is -2.56. The first kappa shape index (κ1) is 24.6. The van der Waals surface area contributed by atoms with Gasteiger partial charge in [-0.05, 0) is 37.5 Å². The Balaban J connectivity index is 1.61. The van der Waals surface area contributed by atoms with Gasteiger partial charge in [-0.3, -0.25) is 10.1 Å². The van der Waals surface area contributed by atoms with Gasteiger partial charge in [0.25, 0.3) is 0 Å². The van der Waals surface area contributed by atoms with E-state index in [1.165, 1.54) is 0 Å². The van der Waals surface area contributed by atoms with Crippen LogP contribution in [0.25, 0.3) is 0 Å². The van der Waals surface area contributed by atoms with Crippen LogP contribution >= 0.6 is 11.6 Å². The first-order chi connectivity index (χ1) is 16.2. The highest BCUT2D eigenvalue weighted by atomic mass is 35.5. The highest BCUT2D eigenvalue weighted by Crippen LogP contribution is 2.38. The molecule has 4 bridgehead atoms. The van der Waals surface area contributed by atoms with Crippen molar-refractivity contribution in [2.24, 2.45) is 0 Å². The quantitative estimate of drug-likeness (QED) is 0.579. The smallest absolute Gasteiger partial charge is 0.409 e. The summed E-state index contributed by atoms with van der Waals surface area (Å²) in [7, 11) is 3.26. The molecule has 2 fully saturated rings. The van der Waals surface area contributed by atoms with Crippen molar-refractivity contribution in [1.82, 2.24) is 5.32 Å². The van der Waals surface area contributed by atoms with Crippen LogP contribution in [-0.4, -0.2) is 55.3 Å². The normalized spacial score (nSPS) is 32.6. The standard InChI is InChI=1S/C25H31ClN2O6/c1-15-6-4-5-9-25(31)14-17(33-24(30)27-25)13-20-19(34-20)7-8-22(29)28(2)18-11-16(10-15)12-21(32-3)23(18)26/h4-6,11-12,17,19-20,31H,7-10,13-14H2,1-3H3,(H,27,30)/b5-4+,15-6+/t17?,19?,20?,25-/m1/s1. The largest absolute Gasteiger partial charge is 0.495 e. The first-order valence-corrected chi connectivity index (χ1v) is 11.9. The summed E-state index contributed by atoms with van der Waals surface area (Å²) < 4.78 is 16.5. The van der Waals surface area contributed by atoms with Crippen LogP contribution in [0.1, 0.15) is 44.6 Å². The number of hydrogen-bond acceptors (Lipinski definition) is 6. The van der Waals surface area contributed by atoms with Crippen LogP contribution in [0.5, 0.6) is 5.75 Å². The summed E-state index contributed by atoms with van der Waals surface area (Å²) in [5.74, 6) is 0.435. The molecule has 8 nitrogen and oxygen atoms in total. The van der Waals surface area contributed by atoms with E-state index in [0.29, 0.717) is 42.1 Å². The number of carbonyl (C=O) groups is 2. The summed E-state index contributed by atoms with van der Waals surface area (Å²) in [5.41, 5.74) is 1.25. The Labute approximate surface area is 204 Å². The number of fused-ring (bicyclic) bond motifs is 5. The maximum absolute atomic E-state index is 12.9. The number of nitrogens with one attached hydrogen (secondary N) is 1. The van der Waals surface area contributed by atoms with Crippen LogP contribution in [0, 0.1) is 0 Å². The Morgan fingerprint density at radius 1 is 1.29 bits per heavy atom. The second-order valence-corrected chi connectivity index (χ2v) is 9.66. The van der Waals surface area contributed by atoms with Crippen molar-refractivity contribution in [2.45, 2.75) is 69.5 Å². The van der Waals surface area contributed by atoms with Crippen LogP contribution in [0.2, 0.25) is 5.02 Å². The number of hydrogen-bond donors (Lipinski definition) is 2. The molecule has 3 aliphatic heterocycles. The number of rotatable bonds is 1. The van der Waals surface area contributed by atoms with E-state index < -0.39 is 17.9 Å². The number of epoxide rings is 1. The van der Waals surface area contributed by atoms with Crippen molar-refractivity contribution in [1.29, 1.82) is 0 Å². The molecule has 3 unspecified atom stereocenters. The van der Waals surface area contributed by atoms with Gasteiger partial charge in [-0.1, -0.05) is 35.4 Å². The molecule has 0 spiro atoms. The summed E-state index contributed by atoms with van der Waals surface area (Å²) in [5, 5.41) is 13.8. The van der Waals surface area contributed by atoms with E-state index in [4.69, 9.17) is 25.8 Å². The van der Waals surface area contributed by atoms with Gasteiger partial charge in [-0.25, -0.2) is 4.79 Å². The number of methoxy groups -OCH3 is 1. The monoisotopic (exact) mass is 490 g/mol. The highest BCUT2D eigenvalue weighted by molar-refractivity contribution is 6.35. The average molecular weight is 491 g/mol. The minimum Gasteiger partial charge on any atom is -0.495 e. The van der Waals surface area contributed by atoms with Gasteiger partial charge in [0.15, 0.2) is 0 Å². The van der Waals surface area contributed by atoms with Crippen molar-refractivity contribution in [3.63, 3.8) is 0 Å². The van der Waals surface area contributed by atoms with E-state index in [-0.39, 0.29) is 31.0 Å². The molecule has 3 aliphatic rings. The zero-order chi connectivity index (χ0) is 24.5. The number of nitrogens with zero attached hydrogens (tertiary/aromatic N) is 1. The van der Waals surface area contributed by atoms with E-state index in [1.807, 2.05) is 37.3 Å². The van der Waals surface area contributed by atoms with Gasteiger partial charge < -0.3 is 24.2 Å². The Morgan fingerprint density at radius 3 is 2.85 bits per heavy atom. The van der Waals surface area contributed by atoms with Gasteiger partial charge in [-0.2, -0.15) is 0 Å². The molecule has 2 saturated heterocycles. The van der Waals surface area contributed by atoms with Crippen molar-refractivity contribution in [2.75, 3.05) is 19.1 Å². The number of alkyl carbamates (subject to hydrolysis) is 1. The number of anilines is 1. The number of allylic oxidation sites excluding steroid dienone is 3. The van der Waals surface area contributed by atoms with Crippen LogP contribution < -0.4 is 15.0 Å². The zero-order valence-electron chi connectivity index (χ0n) is 19.7. The predicted octanol–water partition coefficient (Wildman–Crippen LogP) is 3.88. The third-order valence-corrected chi connectivity index (χ3v) is 6.87.